The van der Waals surface area contributed by atoms with Gasteiger partial charge in [-0.1, -0.05) is 12.8 Å². The van der Waals surface area contributed by atoms with E-state index in [-0.39, 0.29) is 18.7 Å². The van der Waals surface area contributed by atoms with Crippen molar-refractivity contribution in [3.8, 4) is 17.3 Å². The molecule has 0 atom stereocenters. The number of imide groups is 1. The Morgan fingerprint density at radius 2 is 1.55 bits per heavy atom. The van der Waals surface area contributed by atoms with Crippen molar-refractivity contribution in [2.24, 2.45) is 7.05 Å². The molecule has 0 aliphatic rings. The number of amides is 2. The minimum atomic E-state index is -1.09. The van der Waals surface area contributed by atoms with Gasteiger partial charge in [0.2, 0.25) is 0 Å². The Morgan fingerprint density at radius 3 is 2.13 bits per heavy atom. The highest BCUT2D eigenvalue weighted by atomic mass is 16.6. The fourth-order valence-corrected chi connectivity index (χ4v) is 5.80. The third-order valence-corrected chi connectivity index (χ3v) is 8.14. The van der Waals surface area contributed by atoms with Gasteiger partial charge in [-0.25, -0.2) is 34.0 Å². The molecule has 0 fully saturated rings. The lowest BCUT2D eigenvalue weighted by Gasteiger charge is -2.28. The Bertz CT molecular complexity index is 2000. The van der Waals surface area contributed by atoms with Crippen LogP contribution in [-0.4, -0.2) is 84.7 Å². The van der Waals surface area contributed by atoms with Gasteiger partial charge >= 0.3 is 24.1 Å². The first-order valence-electron chi connectivity index (χ1n) is 17.7. The summed E-state index contributed by atoms with van der Waals surface area (Å²) in [5.41, 5.74) is 2.31. The lowest BCUT2D eigenvalue weighted by molar-refractivity contribution is -0.137. The summed E-state index contributed by atoms with van der Waals surface area (Å²) in [6.45, 7) is 14.9. The Labute approximate surface area is 309 Å². The number of ether oxygens (including phenoxy) is 4. The quantitative estimate of drug-likeness (QED) is 0.0613. The fraction of sp³-hybridized carbons (Fsp3) is 0.487. The number of fused-ring (bicyclic) bond motifs is 2. The second kappa shape index (κ2) is 16.5. The summed E-state index contributed by atoms with van der Waals surface area (Å²) in [6.07, 6.45) is 2.64. The Kier molecular flexibility index (Phi) is 12.6. The molecule has 1 aromatic carbocycles. The number of methoxy groups -OCH3 is 1. The standard InChI is InChI=1S/C39H51N5O9/c1-11-51-31(45)20-24(2)27-17-16-25-22-29(34-41-28-21-26(35(46)47)23-30(50-10)32(28)42(34)9)43(33(25)40-27)18-14-12-13-15-19-44(36(48)52-38(3,4)5)37(49)53-39(6,7)8/h16-17,20-23H,11-15,18-19H2,1-10H3,(H,46,47)/b24-20+. The van der Waals surface area contributed by atoms with Gasteiger partial charge in [0.25, 0.3) is 0 Å². The maximum atomic E-state index is 12.9. The first-order chi connectivity index (χ1) is 24.8. The number of hydrogen-bond acceptors (Lipinski definition) is 10. The van der Waals surface area contributed by atoms with E-state index in [2.05, 4.69) is 4.57 Å². The molecule has 0 saturated carbocycles. The Hall–Kier alpha value is -5.40. The van der Waals surface area contributed by atoms with Crippen molar-refractivity contribution in [3.05, 3.63) is 47.7 Å². The monoisotopic (exact) mass is 733 g/mol. The van der Waals surface area contributed by atoms with E-state index in [4.69, 9.17) is 28.9 Å². The highest BCUT2D eigenvalue weighted by Gasteiger charge is 2.31. The smallest absolute Gasteiger partial charge is 0.419 e. The first kappa shape index (κ1) is 40.4. The second-order valence-electron chi connectivity index (χ2n) is 14.7. The summed E-state index contributed by atoms with van der Waals surface area (Å²) >= 11 is 0. The number of hydrogen-bond donors (Lipinski definition) is 1. The van der Waals surface area contributed by atoms with Crippen LogP contribution in [0.25, 0.3) is 39.2 Å². The molecule has 0 aliphatic carbocycles. The van der Waals surface area contributed by atoms with Crippen LogP contribution in [0.2, 0.25) is 0 Å². The third-order valence-electron chi connectivity index (χ3n) is 8.14. The third kappa shape index (κ3) is 10.1. The van der Waals surface area contributed by atoms with Crippen LogP contribution in [0.5, 0.6) is 5.75 Å². The summed E-state index contributed by atoms with van der Waals surface area (Å²) in [5.74, 6) is -0.565. The Balaban J connectivity index is 1.64. The molecule has 4 rings (SSSR count). The predicted octanol–water partition coefficient (Wildman–Crippen LogP) is 8.00. The van der Waals surface area contributed by atoms with Crippen LogP contribution in [0.1, 0.15) is 97.1 Å². The van der Waals surface area contributed by atoms with E-state index in [1.54, 1.807) is 55.4 Å². The van der Waals surface area contributed by atoms with Crippen LogP contribution in [0, 0.1) is 0 Å². The van der Waals surface area contributed by atoms with Crippen LogP contribution < -0.4 is 4.74 Å². The van der Waals surface area contributed by atoms with Gasteiger partial charge in [0.1, 0.15) is 28.1 Å². The van der Waals surface area contributed by atoms with E-state index >= 15 is 0 Å². The molecule has 0 radical (unpaired) electrons. The molecule has 1 N–H and O–H groups in total. The summed E-state index contributed by atoms with van der Waals surface area (Å²) < 4.78 is 25.6. The molecule has 53 heavy (non-hydrogen) atoms. The van der Waals surface area contributed by atoms with Crippen molar-refractivity contribution in [3.63, 3.8) is 0 Å². The van der Waals surface area contributed by atoms with Gasteiger partial charge in [0, 0.05) is 31.6 Å². The zero-order valence-corrected chi connectivity index (χ0v) is 32.4. The van der Waals surface area contributed by atoms with Crippen LogP contribution >= 0.6 is 0 Å². The van der Waals surface area contributed by atoms with Crippen LogP contribution in [0.15, 0.2) is 36.4 Å². The normalized spacial score (nSPS) is 12.2. The van der Waals surface area contributed by atoms with Crippen molar-refractivity contribution in [1.29, 1.82) is 0 Å². The first-order valence-corrected chi connectivity index (χ1v) is 17.7. The van der Waals surface area contributed by atoms with E-state index in [9.17, 15) is 24.3 Å². The molecule has 0 spiro atoms. The van der Waals surface area contributed by atoms with Crippen LogP contribution in [-0.2, 0) is 32.6 Å². The number of pyridine rings is 1. The van der Waals surface area contributed by atoms with E-state index < -0.39 is 35.3 Å². The number of aromatic nitrogens is 4. The molecule has 14 heteroatoms. The molecule has 0 saturated heterocycles. The van der Waals surface area contributed by atoms with Crippen LogP contribution in [0.4, 0.5) is 9.59 Å². The molecular formula is C39H51N5O9. The maximum absolute atomic E-state index is 12.9. The summed E-state index contributed by atoms with van der Waals surface area (Å²) in [5, 5.41) is 10.6. The summed E-state index contributed by atoms with van der Waals surface area (Å²) in [6, 6.07) is 8.77. The number of carbonyl (C=O) groups is 4. The van der Waals surface area contributed by atoms with Gasteiger partial charge in [0.05, 0.1) is 36.2 Å². The minimum absolute atomic E-state index is 0.0617. The average molecular weight is 734 g/mol. The molecule has 3 aromatic heterocycles. The number of aromatic carboxylic acids is 1. The van der Waals surface area contributed by atoms with E-state index in [0.29, 0.717) is 58.9 Å². The molecule has 2 amide bonds. The molecule has 3 heterocycles. The van der Waals surface area contributed by atoms with Gasteiger partial charge in [0.15, 0.2) is 5.82 Å². The van der Waals surface area contributed by atoms with Crippen molar-refractivity contribution >= 4 is 51.8 Å². The molecule has 14 nitrogen and oxygen atoms in total. The van der Waals surface area contributed by atoms with Crippen LogP contribution in [0.3, 0.4) is 0 Å². The topological polar surface area (TPSA) is 164 Å². The molecule has 0 aliphatic heterocycles. The van der Waals surface area contributed by atoms with Crippen molar-refractivity contribution in [2.45, 2.75) is 98.8 Å². The SMILES string of the molecule is CCOC(=O)/C=C(\C)c1ccc2cc(-c3nc4cc(C(=O)O)cc(OC)c4n3C)n(CCCCCCN(C(=O)OC(C)(C)C)C(=O)OC(C)(C)C)c2n1. The van der Waals surface area contributed by atoms with Crippen molar-refractivity contribution < 1.29 is 43.2 Å². The summed E-state index contributed by atoms with van der Waals surface area (Å²) in [7, 11) is 3.34. The minimum Gasteiger partial charge on any atom is -0.494 e. The molecule has 286 valence electrons. The molecule has 4 aromatic rings. The number of aryl methyl sites for hydroxylation is 2. The van der Waals surface area contributed by atoms with Crippen molar-refractivity contribution in [1.82, 2.24) is 24.0 Å². The zero-order valence-electron chi connectivity index (χ0n) is 32.4. The van der Waals surface area contributed by atoms with Gasteiger partial charge < -0.3 is 33.2 Å². The molecular weight excluding hydrogens is 682 g/mol. The van der Waals surface area contributed by atoms with E-state index in [0.717, 1.165) is 28.8 Å². The number of allylic oxidation sites excluding steroid dienone is 1. The van der Waals surface area contributed by atoms with E-state index in [1.165, 1.54) is 25.3 Å². The second-order valence-corrected chi connectivity index (χ2v) is 14.7. The van der Waals surface area contributed by atoms with Gasteiger partial charge in [-0.05, 0) is 104 Å². The highest BCUT2D eigenvalue weighted by molar-refractivity contribution is 5.97. The number of carboxylic acid groups (broad SMARTS) is 1. The number of esters is 1. The van der Waals surface area contributed by atoms with Gasteiger partial charge in [-0.2, -0.15) is 0 Å². The fourth-order valence-electron chi connectivity index (χ4n) is 5.80. The molecule has 0 unspecified atom stereocenters. The molecule has 0 bridgehead atoms. The highest BCUT2D eigenvalue weighted by Crippen LogP contribution is 2.34. The lowest BCUT2D eigenvalue weighted by Crippen LogP contribution is -2.44. The number of nitrogens with zero attached hydrogens (tertiary/aromatic N) is 5. The number of carboxylic acids is 1. The number of carbonyl (C=O) groups excluding carboxylic acids is 3. The van der Waals surface area contributed by atoms with Gasteiger partial charge in [-0.15, -0.1) is 0 Å². The predicted molar refractivity (Wildman–Crippen MR) is 201 cm³/mol. The van der Waals surface area contributed by atoms with Crippen molar-refractivity contribution in [2.75, 3.05) is 20.3 Å². The zero-order chi connectivity index (χ0) is 39.2. The number of rotatable bonds is 13. The Morgan fingerprint density at radius 1 is 0.906 bits per heavy atom. The average Bonchev–Trinajstić information content (AvgIpc) is 3.58. The number of imidazole rings is 1. The number of benzene rings is 1. The number of unbranched alkanes of at least 4 members (excludes halogenated alkanes) is 3. The lowest BCUT2D eigenvalue weighted by atomic mass is 10.1. The largest absolute Gasteiger partial charge is 0.494 e. The van der Waals surface area contributed by atoms with E-state index in [1.807, 2.05) is 29.8 Å². The maximum Gasteiger partial charge on any atom is 0.419 e. The summed E-state index contributed by atoms with van der Waals surface area (Å²) in [4.78, 5) is 60.8. The van der Waals surface area contributed by atoms with Gasteiger partial charge in [-0.3, -0.25) is 0 Å².